The SMILES string of the molecule is Cn1cnc(N2C(=O)c3ccc(-c4cccc(OCC(F)(F)F)c4)cc3C(C)(Cc3cncnc3)C2=O)c1. The van der Waals surface area contributed by atoms with E-state index in [4.69, 9.17) is 4.74 Å². The standard InChI is InChI=1S/C27H22F3N5O3/c1-26(10-17-11-31-15-32-12-17)22-9-19(18-4-3-5-20(8-18)38-14-27(28,29)30)6-7-21(22)24(36)35(25(26)37)23-13-34(2)16-33-23/h3-9,11-13,15-16H,10,14H2,1-2H3. The van der Waals surface area contributed by atoms with E-state index >= 15 is 0 Å². The van der Waals surface area contributed by atoms with Crippen molar-refractivity contribution >= 4 is 17.6 Å². The summed E-state index contributed by atoms with van der Waals surface area (Å²) in [7, 11) is 1.74. The fourth-order valence-corrected chi connectivity index (χ4v) is 4.59. The van der Waals surface area contributed by atoms with E-state index in [0.717, 1.165) is 4.90 Å². The number of imidazole rings is 1. The van der Waals surface area contributed by atoms with Crippen LogP contribution in [0.15, 0.2) is 73.7 Å². The van der Waals surface area contributed by atoms with Gasteiger partial charge in [-0.05, 0) is 59.9 Å². The van der Waals surface area contributed by atoms with Gasteiger partial charge >= 0.3 is 6.18 Å². The van der Waals surface area contributed by atoms with Crippen LogP contribution in [0.1, 0.15) is 28.4 Å². The van der Waals surface area contributed by atoms with Crippen LogP contribution in [0.5, 0.6) is 5.75 Å². The molecule has 0 bridgehead atoms. The number of halogens is 3. The first-order chi connectivity index (χ1) is 18.0. The number of hydrogen-bond donors (Lipinski definition) is 0. The van der Waals surface area contributed by atoms with Gasteiger partial charge in [0, 0.05) is 31.2 Å². The smallest absolute Gasteiger partial charge is 0.422 e. The Morgan fingerprint density at radius 3 is 2.45 bits per heavy atom. The summed E-state index contributed by atoms with van der Waals surface area (Å²) < 4.78 is 44.5. The molecule has 0 N–H and O–H groups in total. The van der Waals surface area contributed by atoms with Gasteiger partial charge in [-0.3, -0.25) is 9.59 Å². The summed E-state index contributed by atoms with van der Waals surface area (Å²) in [5, 5.41) is 0. The van der Waals surface area contributed by atoms with Gasteiger partial charge in [0.2, 0.25) is 5.91 Å². The highest BCUT2D eigenvalue weighted by molar-refractivity contribution is 6.27. The molecule has 0 saturated heterocycles. The molecule has 0 aliphatic carbocycles. The largest absolute Gasteiger partial charge is 0.484 e. The van der Waals surface area contributed by atoms with Crippen molar-refractivity contribution in [3.05, 3.63) is 90.4 Å². The molecule has 2 aromatic carbocycles. The zero-order chi connectivity index (χ0) is 27.1. The van der Waals surface area contributed by atoms with Gasteiger partial charge in [-0.15, -0.1) is 0 Å². The summed E-state index contributed by atoms with van der Waals surface area (Å²) in [6, 6.07) is 11.3. The first-order valence-corrected chi connectivity index (χ1v) is 11.6. The summed E-state index contributed by atoms with van der Waals surface area (Å²) in [6.45, 7) is 0.334. The molecule has 194 valence electrons. The number of benzene rings is 2. The number of hydrogen-bond acceptors (Lipinski definition) is 6. The fraction of sp³-hybridized carbons (Fsp3) is 0.222. The van der Waals surface area contributed by atoms with E-state index < -0.39 is 30.0 Å². The average molecular weight is 521 g/mol. The van der Waals surface area contributed by atoms with Crippen molar-refractivity contribution < 1.29 is 27.5 Å². The maximum absolute atomic E-state index is 14.0. The predicted octanol–water partition coefficient (Wildman–Crippen LogP) is 4.51. The number of anilines is 1. The van der Waals surface area contributed by atoms with Crippen molar-refractivity contribution in [3.8, 4) is 16.9 Å². The normalized spacial score (nSPS) is 17.4. The van der Waals surface area contributed by atoms with Crippen LogP contribution in [0.2, 0.25) is 0 Å². The maximum atomic E-state index is 14.0. The second-order valence-corrected chi connectivity index (χ2v) is 9.29. The van der Waals surface area contributed by atoms with Gasteiger partial charge in [0.1, 0.15) is 12.1 Å². The zero-order valence-electron chi connectivity index (χ0n) is 20.4. The Kier molecular flexibility index (Phi) is 6.22. The average Bonchev–Trinajstić information content (AvgIpc) is 3.32. The number of fused-ring (bicyclic) bond motifs is 1. The highest BCUT2D eigenvalue weighted by atomic mass is 19.4. The van der Waals surface area contributed by atoms with Gasteiger partial charge in [0.05, 0.1) is 11.7 Å². The molecule has 11 heteroatoms. The minimum atomic E-state index is -4.47. The molecule has 4 aromatic rings. The summed E-state index contributed by atoms with van der Waals surface area (Å²) in [5.41, 5.74) is 1.49. The lowest BCUT2D eigenvalue weighted by atomic mass is 9.71. The molecule has 1 aliphatic rings. The lowest BCUT2D eigenvalue weighted by Crippen LogP contribution is -2.54. The summed E-state index contributed by atoms with van der Waals surface area (Å²) in [6.07, 6.45) is 3.44. The van der Waals surface area contributed by atoms with Crippen LogP contribution in [0.25, 0.3) is 11.1 Å². The summed E-state index contributed by atoms with van der Waals surface area (Å²) >= 11 is 0. The number of aryl methyl sites for hydroxylation is 1. The number of amides is 2. The van der Waals surface area contributed by atoms with Crippen LogP contribution in [0.4, 0.5) is 19.0 Å². The summed E-state index contributed by atoms with van der Waals surface area (Å²) in [5.74, 6) is -0.714. The van der Waals surface area contributed by atoms with Crippen molar-refractivity contribution in [2.75, 3.05) is 11.5 Å². The lowest BCUT2D eigenvalue weighted by Gasteiger charge is -2.39. The van der Waals surface area contributed by atoms with Crippen LogP contribution in [-0.4, -0.2) is 44.1 Å². The minimum absolute atomic E-state index is 0.0511. The number of carbonyl (C=O) groups is 2. The number of rotatable bonds is 6. The first-order valence-electron chi connectivity index (χ1n) is 11.6. The highest BCUT2D eigenvalue weighted by Gasteiger charge is 2.49. The molecule has 0 fully saturated rings. The Balaban J connectivity index is 1.60. The first kappa shape index (κ1) is 25.1. The third kappa shape index (κ3) is 4.74. The van der Waals surface area contributed by atoms with Crippen molar-refractivity contribution in [2.45, 2.75) is 24.9 Å². The Morgan fingerprint density at radius 2 is 1.76 bits per heavy atom. The second kappa shape index (κ2) is 9.40. The van der Waals surface area contributed by atoms with Crippen LogP contribution < -0.4 is 9.64 Å². The van der Waals surface area contributed by atoms with E-state index in [1.807, 2.05) is 0 Å². The molecule has 3 heterocycles. The Morgan fingerprint density at radius 1 is 1.03 bits per heavy atom. The van der Waals surface area contributed by atoms with Gasteiger partial charge in [-0.2, -0.15) is 13.2 Å². The van der Waals surface area contributed by atoms with Gasteiger partial charge < -0.3 is 9.30 Å². The predicted molar refractivity (Wildman–Crippen MR) is 132 cm³/mol. The van der Waals surface area contributed by atoms with Crippen LogP contribution in [-0.2, 0) is 23.7 Å². The van der Waals surface area contributed by atoms with E-state index in [1.54, 1.807) is 67.5 Å². The third-order valence-electron chi connectivity index (χ3n) is 6.38. The molecule has 1 unspecified atom stereocenters. The summed E-state index contributed by atoms with van der Waals surface area (Å²) in [4.78, 5) is 41.0. The van der Waals surface area contributed by atoms with Crippen molar-refractivity contribution in [2.24, 2.45) is 7.05 Å². The quantitative estimate of drug-likeness (QED) is 0.347. The Hall–Kier alpha value is -4.54. The van der Waals surface area contributed by atoms with E-state index in [-0.39, 0.29) is 18.0 Å². The molecule has 0 saturated carbocycles. The molecule has 2 aromatic heterocycles. The molecular weight excluding hydrogens is 499 g/mol. The molecule has 8 nitrogen and oxygen atoms in total. The van der Waals surface area contributed by atoms with E-state index in [0.29, 0.717) is 27.8 Å². The molecule has 0 spiro atoms. The minimum Gasteiger partial charge on any atom is -0.484 e. The van der Waals surface area contributed by atoms with Crippen molar-refractivity contribution in [1.29, 1.82) is 0 Å². The Bertz CT molecular complexity index is 1520. The molecule has 5 rings (SSSR count). The zero-order valence-corrected chi connectivity index (χ0v) is 20.4. The molecule has 38 heavy (non-hydrogen) atoms. The molecular formula is C27H22F3N5O3. The van der Waals surface area contributed by atoms with Gasteiger partial charge in [0.15, 0.2) is 12.4 Å². The number of nitrogens with zero attached hydrogens (tertiary/aromatic N) is 5. The van der Waals surface area contributed by atoms with E-state index in [9.17, 15) is 22.8 Å². The molecule has 2 amide bonds. The van der Waals surface area contributed by atoms with Crippen LogP contribution in [0, 0.1) is 0 Å². The van der Waals surface area contributed by atoms with E-state index in [2.05, 4.69) is 15.0 Å². The van der Waals surface area contributed by atoms with Gasteiger partial charge in [-0.1, -0.05) is 18.2 Å². The maximum Gasteiger partial charge on any atom is 0.422 e. The molecule has 1 atom stereocenters. The number of imide groups is 1. The third-order valence-corrected chi connectivity index (χ3v) is 6.38. The number of ether oxygens (including phenoxy) is 1. The number of aromatic nitrogens is 4. The van der Waals surface area contributed by atoms with Gasteiger partial charge in [0.25, 0.3) is 5.91 Å². The second-order valence-electron chi connectivity index (χ2n) is 9.29. The van der Waals surface area contributed by atoms with Crippen molar-refractivity contribution in [3.63, 3.8) is 0 Å². The number of alkyl halides is 3. The van der Waals surface area contributed by atoms with Crippen LogP contribution >= 0.6 is 0 Å². The van der Waals surface area contributed by atoms with Crippen LogP contribution in [0.3, 0.4) is 0 Å². The molecule has 0 radical (unpaired) electrons. The Labute approximate surface area is 215 Å². The monoisotopic (exact) mass is 521 g/mol. The van der Waals surface area contributed by atoms with Crippen molar-refractivity contribution in [1.82, 2.24) is 19.5 Å². The highest BCUT2D eigenvalue weighted by Crippen LogP contribution is 2.41. The fourth-order valence-electron chi connectivity index (χ4n) is 4.59. The lowest BCUT2D eigenvalue weighted by molar-refractivity contribution is -0.153. The van der Waals surface area contributed by atoms with Gasteiger partial charge in [-0.25, -0.2) is 19.9 Å². The van der Waals surface area contributed by atoms with E-state index in [1.165, 1.54) is 24.8 Å². The molecule has 1 aliphatic heterocycles. The topological polar surface area (TPSA) is 90.2 Å². The number of carbonyl (C=O) groups excluding carboxylic acids is 2.